The third-order valence-electron chi connectivity index (χ3n) is 5.15. The molecule has 1 N–H and O–H groups in total. The highest BCUT2D eigenvalue weighted by atomic mass is 19.4. The number of esters is 1. The molecule has 1 unspecified atom stereocenters. The van der Waals surface area contributed by atoms with Gasteiger partial charge in [0, 0.05) is 6.42 Å². The third kappa shape index (κ3) is 2.99. The summed E-state index contributed by atoms with van der Waals surface area (Å²) in [5.74, 6) is -38.1. The predicted molar refractivity (Wildman–Crippen MR) is 72.2 cm³/mol. The minimum absolute atomic E-state index is 0.202. The first kappa shape index (κ1) is 23.9. The molecule has 1 atom stereocenters. The number of aliphatic hydroxyl groups excluding tert-OH is 1. The van der Waals surface area contributed by atoms with Crippen molar-refractivity contribution in [1.29, 1.82) is 0 Å². The van der Waals surface area contributed by atoms with E-state index in [9.17, 15) is 58.2 Å². The normalized spacial score (nSPS) is 30.3. The summed E-state index contributed by atoms with van der Waals surface area (Å²) in [5.41, 5.74) is -6.40. The van der Waals surface area contributed by atoms with Crippen molar-refractivity contribution in [3.05, 3.63) is 0 Å². The summed E-state index contributed by atoms with van der Waals surface area (Å²) in [4.78, 5) is 11.6. The maximum Gasteiger partial charge on any atom is 0.384 e. The van der Waals surface area contributed by atoms with E-state index in [1.54, 1.807) is 0 Å². The maximum atomic E-state index is 14.5. The number of rotatable bonds is 4. The molecular weight excluding hydrogens is 437 g/mol. The summed E-state index contributed by atoms with van der Waals surface area (Å²) in [6.45, 7) is 0. The van der Waals surface area contributed by atoms with Crippen molar-refractivity contribution in [3.63, 3.8) is 0 Å². The van der Waals surface area contributed by atoms with E-state index in [0.717, 1.165) is 6.42 Å². The summed E-state index contributed by atoms with van der Waals surface area (Å²) < 4.78 is 154. The Bertz CT molecular complexity index is 613. The standard InChI is InChI=1S/C15H15F11O3/c16-10(6-8(27)9(28)29-7-4-2-1-3-5-7)11(17,18)13(21,22)15(25,26)14(23,24)12(10,19)20/h7-8,27H,1-6H2. The van der Waals surface area contributed by atoms with Crippen molar-refractivity contribution in [2.75, 3.05) is 0 Å². The summed E-state index contributed by atoms with van der Waals surface area (Å²) in [6.07, 6.45) is -5.11. The fourth-order valence-corrected chi connectivity index (χ4v) is 3.32. The van der Waals surface area contributed by atoms with Crippen molar-refractivity contribution in [2.45, 2.75) is 86.0 Å². The molecule has 29 heavy (non-hydrogen) atoms. The van der Waals surface area contributed by atoms with Gasteiger partial charge in [-0.1, -0.05) is 6.42 Å². The highest BCUT2D eigenvalue weighted by molar-refractivity contribution is 5.74. The van der Waals surface area contributed by atoms with Gasteiger partial charge in [-0.25, -0.2) is 9.18 Å². The first-order valence-electron chi connectivity index (χ1n) is 8.35. The van der Waals surface area contributed by atoms with E-state index in [1.807, 2.05) is 0 Å². The number of carbonyl (C=O) groups excluding carboxylic acids is 1. The van der Waals surface area contributed by atoms with Gasteiger partial charge in [-0.2, -0.15) is 43.9 Å². The number of hydrogen-bond donors (Lipinski definition) is 1. The molecule has 0 amide bonds. The van der Waals surface area contributed by atoms with E-state index in [4.69, 9.17) is 0 Å². The molecule has 2 aliphatic rings. The lowest BCUT2D eigenvalue weighted by Crippen LogP contribution is -2.84. The third-order valence-corrected chi connectivity index (χ3v) is 5.15. The molecule has 0 aromatic rings. The number of halogens is 11. The largest absolute Gasteiger partial charge is 0.460 e. The molecule has 0 aromatic carbocycles. The first-order valence-corrected chi connectivity index (χ1v) is 8.35. The predicted octanol–water partition coefficient (Wildman–Crippen LogP) is 4.51. The van der Waals surface area contributed by atoms with E-state index in [1.165, 1.54) is 0 Å². The zero-order chi connectivity index (χ0) is 22.7. The summed E-state index contributed by atoms with van der Waals surface area (Å²) >= 11 is 0. The molecule has 2 fully saturated rings. The van der Waals surface area contributed by atoms with Gasteiger partial charge in [0.2, 0.25) is 0 Å². The van der Waals surface area contributed by atoms with E-state index in [2.05, 4.69) is 4.74 Å². The van der Waals surface area contributed by atoms with Crippen LogP contribution in [0.5, 0.6) is 0 Å². The molecule has 0 heterocycles. The van der Waals surface area contributed by atoms with Crippen LogP contribution in [0.2, 0.25) is 0 Å². The van der Waals surface area contributed by atoms with Crippen molar-refractivity contribution < 1.29 is 62.9 Å². The van der Waals surface area contributed by atoms with Crippen LogP contribution in [0.15, 0.2) is 0 Å². The molecule has 0 spiro atoms. The van der Waals surface area contributed by atoms with Crippen LogP contribution >= 0.6 is 0 Å². The van der Waals surface area contributed by atoms with Crippen LogP contribution in [-0.4, -0.2) is 58.6 Å². The zero-order valence-electron chi connectivity index (χ0n) is 14.3. The summed E-state index contributed by atoms with van der Waals surface area (Å²) in [6, 6.07) is 0. The smallest absolute Gasteiger partial charge is 0.384 e. The molecule has 170 valence electrons. The number of ether oxygens (including phenoxy) is 1. The number of carbonyl (C=O) groups is 1. The quantitative estimate of drug-likeness (QED) is 0.505. The number of hydrogen-bond acceptors (Lipinski definition) is 3. The molecule has 14 heteroatoms. The summed E-state index contributed by atoms with van der Waals surface area (Å²) in [7, 11) is 0. The van der Waals surface area contributed by atoms with Crippen LogP contribution in [0.3, 0.4) is 0 Å². The van der Waals surface area contributed by atoms with Gasteiger partial charge >= 0.3 is 35.6 Å². The second kappa shape index (κ2) is 6.84. The van der Waals surface area contributed by atoms with E-state index in [0.29, 0.717) is 12.8 Å². The van der Waals surface area contributed by atoms with Gasteiger partial charge < -0.3 is 9.84 Å². The van der Waals surface area contributed by atoms with Crippen LogP contribution < -0.4 is 0 Å². The lowest BCUT2D eigenvalue weighted by molar-refractivity contribution is -0.486. The Kier molecular flexibility index (Phi) is 5.65. The minimum atomic E-state index is -7.34. The Morgan fingerprint density at radius 3 is 1.55 bits per heavy atom. The number of alkyl halides is 11. The van der Waals surface area contributed by atoms with Crippen LogP contribution in [-0.2, 0) is 9.53 Å². The Labute approximate surface area is 156 Å². The fourth-order valence-electron chi connectivity index (χ4n) is 3.32. The van der Waals surface area contributed by atoms with Crippen LogP contribution in [0.1, 0.15) is 38.5 Å². The van der Waals surface area contributed by atoms with E-state index >= 15 is 0 Å². The maximum absolute atomic E-state index is 14.5. The number of aliphatic hydroxyl groups is 1. The molecule has 0 bridgehead atoms. The van der Waals surface area contributed by atoms with E-state index in [-0.39, 0.29) is 12.8 Å². The molecular formula is C15H15F11O3. The minimum Gasteiger partial charge on any atom is -0.460 e. The highest BCUT2D eigenvalue weighted by Gasteiger charge is 3.00. The second-order valence-corrected chi connectivity index (χ2v) is 7.09. The molecule has 0 saturated heterocycles. The Hall–Kier alpha value is -1.34. The van der Waals surface area contributed by atoms with Crippen LogP contribution in [0.4, 0.5) is 48.3 Å². The van der Waals surface area contributed by atoms with Gasteiger partial charge in [0.15, 0.2) is 6.10 Å². The topological polar surface area (TPSA) is 46.5 Å². The van der Waals surface area contributed by atoms with Gasteiger partial charge in [-0.15, -0.1) is 0 Å². The molecule has 2 saturated carbocycles. The average molecular weight is 452 g/mol. The lowest BCUT2D eigenvalue weighted by Gasteiger charge is -2.52. The first-order chi connectivity index (χ1) is 12.9. The highest BCUT2D eigenvalue weighted by Crippen LogP contribution is 2.70. The van der Waals surface area contributed by atoms with Crippen LogP contribution in [0, 0.1) is 0 Å². The van der Waals surface area contributed by atoms with E-state index < -0.39 is 59.9 Å². The summed E-state index contributed by atoms with van der Waals surface area (Å²) in [5, 5.41) is 9.44. The SMILES string of the molecule is O=C(OC1CCCCC1)C(O)CC1(F)C(F)(F)C(F)(F)C(F)(F)C(F)(F)C1(F)F. The monoisotopic (exact) mass is 452 g/mol. The Balaban J connectivity index is 2.38. The second-order valence-electron chi connectivity index (χ2n) is 7.09. The molecule has 3 nitrogen and oxygen atoms in total. The zero-order valence-corrected chi connectivity index (χ0v) is 14.3. The fraction of sp³-hybridized carbons (Fsp3) is 0.933. The lowest BCUT2D eigenvalue weighted by atomic mass is 9.70. The molecule has 0 aliphatic heterocycles. The molecule has 0 aromatic heterocycles. The molecule has 2 aliphatic carbocycles. The van der Waals surface area contributed by atoms with Gasteiger partial charge in [0.25, 0.3) is 5.67 Å². The van der Waals surface area contributed by atoms with Gasteiger partial charge in [0.05, 0.1) is 0 Å². The van der Waals surface area contributed by atoms with Crippen molar-refractivity contribution in [2.24, 2.45) is 0 Å². The molecule has 0 radical (unpaired) electrons. The Morgan fingerprint density at radius 1 is 0.759 bits per heavy atom. The van der Waals surface area contributed by atoms with Gasteiger partial charge in [0.1, 0.15) is 6.10 Å². The average Bonchev–Trinajstić information content (AvgIpc) is 2.60. The Morgan fingerprint density at radius 2 is 1.14 bits per heavy atom. The van der Waals surface area contributed by atoms with Gasteiger partial charge in [-0.05, 0) is 25.7 Å². The van der Waals surface area contributed by atoms with Crippen LogP contribution in [0.25, 0.3) is 0 Å². The van der Waals surface area contributed by atoms with Crippen molar-refractivity contribution in [3.8, 4) is 0 Å². The molecule has 2 rings (SSSR count). The van der Waals surface area contributed by atoms with Gasteiger partial charge in [-0.3, -0.25) is 0 Å². The van der Waals surface area contributed by atoms with Crippen molar-refractivity contribution >= 4 is 5.97 Å². The van der Waals surface area contributed by atoms with Crippen molar-refractivity contribution in [1.82, 2.24) is 0 Å².